The van der Waals surface area contributed by atoms with Gasteiger partial charge in [-0.3, -0.25) is 5.41 Å². The van der Waals surface area contributed by atoms with E-state index in [9.17, 15) is 0 Å². The van der Waals surface area contributed by atoms with Crippen molar-refractivity contribution in [3.8, 4) is 0 Å². The maximum absolute atomic E-state index is 7.05. The number of piperidine rings is 1. The molecule has 1 aliphatic heterocycles. The molecule has 1 saturated heterocycles. The highest BCUT2D eigenvalue weighted by atomic mass is 15.1. The van der Waals surface area contributed by atoms with Crippen molar-refractivity contribution in [2.24, 2.45) is 5.92 Å². The molecule has 11 heavy (non-hydrogen) atoms. The monoisotopic (exact) mass is 153 g/mol. The van der Waals surface area contributed by atoms with Crippen LogP contribution >= 0.6 is 0 Å². The van der Waals surface area contributed by atoms with Crippen LogP contribution in [0, 0.1) is 18.3 Å². The van der Waals surface area contributed by atoms with Crippen LogP contribution in [0.15, 0.2) is 0 Å². The van der Waals surface area contributed by atoms with E-state index in [4.69, 9.17) is 5.41 Å². The number of rotatable bonds is 3. The Morgan fingerprint density at radius 3 is 2.55 bits per heavy atom. The first-order valence-corrected chi connectivity index (χ1v) is 4.40. The van der Waals surface area contributed by atoms with Crippen molar-refractivity contribution in [1.29, 1.82) is 5.41 Å². The van der Waals surface area contributed by atoms with Gasteiger partial charge in [0.1, 0.15) is 0 Å². The molecule has 1 fully saturated rings. The summed E-state index contributed by atoms with van der Waals surface area (Å²) in [5.74, 6) is 0.878. The van der Waals surface area contributed by atoms with Gasteiger partial charge in [0.2, 0.25) is 0 Å². The fraction of sp³-hybridized carbons (Fsp3) is 0.778. The SMILES string of the molecule is [CH2]CCC1CCN(C=N)CC1. The normalized spacial score (nSPS) is 20.3. The maximum Gasteiger partial charge on any atom is 0.0817 e. The average molecular weight is 153 g/mol. The summed E-state index contributed by atoms with van der Waals surface area (Å²) in [7, 11) is 0. The van der Waals surface area contributed by atoms with Crippen LogP contribution in [0.1, 0.15) is 25.7 Å². The molecular formula is C9H17N2. The van der Waals surface area contributed by atoms with E-state index in [-0.39, 0.29) is 0 Å². The topological polar surface area (TPSA) is 27.1 Å². The summed E-state index contributed by atoms with van der Waals surface area (Å²) in [5, 5.41) is 7.05. The second-order valence-electron chi connectivity index (χ2n) is 3.25. The second-order valence-corrected chi connectivity index (χ2v) is 3.25. The van der Waals surface area contributed by atoms with E-state index in [1.165, 1.54) is 25.6 Å². The first-order valence-electron chi connectivity index (χ1n) is 4.40. The van der Waals surface area contributed by atoms with Gasteiger partial charge in [0, 0.05) is 13.1 Å². The Kier molecular flexibility index (Phi) is 3.40. The minimum Gasteiger partial charge on any atom is -0.363 e. The first kappa shape index (κ1) is 8.57. The zero-order chi connectivity index (χ0) is 8.10. The lowest BCUT2D eigenvalue weighted by Gasteiger charge is -2.29. The predicted octanol–water partition coefficient (Wildman–Crippen LogP) is 1.92. The van der Waals surface area contributed by atoms with E-state index in [1.807, 2.05) is 0 Å². The molecule has 2 nitrogen and oxygen atoms in total. The van der Waals surface area contributed by atoms with Gasteiger partial charge < -0.3 is 4.90 Å². The minimum absolute atomic E-state index is 0.878. The highest BCUT2D eigenvalue weighted by Crippen LogP contribution is 2.20. The molecule has 0 aromatic carbocycles. The van der Waals surface area contributed by atoms with E-state index in [0.29, 0.717) is 0 Å². The van der Waals surface area contributed by atoms with Crippen molar-refractivity contribution < 1.29 is 0 Å². The van der Waals surface area contributed by atoms with Crippen molar-refractivity contribution in [2.45, 2.75) is 25.7 Å². The number of hydrogen-bond donors (Lipinski definition) is 1. The molecular weight excluding hydrogens is 136 g/mol. The third-order valence-corrected chi connectivity index (χ3v) is 2.44. The molecule has 0 aromatic rings. The summed E-state index contributed by atoms with van der Waals surface area (Å²) >= 11 is 0. The molecule has 0 amide bonds. The molecule has 1 heterocycles. The van der Waals surface area contributed by atoms with Crippen molar-refractivity contribution in [2.75, 3.05) is 13.1 Å². The molecule has 1 N–H and O–H groups in total. The van der Waals surface area contributed by atoms with Crippen molar-refractivity contribution in [3.05, 3.63) is 6.92 Å². The zero-order valence-electron chi connectivity index (χ0n) is 7.05. The molecule has 1 rings (SSSR count). The first-order chi connectivity index (χ1) is 5.36. The third-order valence-electron chi connectivity index (χ3n) is 2.44. The Bertz CT molecular complexity index is 115. The molecule has 0 saturated carbocycles. The van der Waals surface area contributed by atoms with E-state index in [2.05, 4.69) is 11.8 Å². The van der Waals surface area contributed by atoms with Gasteiger partial charge in [-0.15, -0.1) is 0 Å². The van der Waals surface area contributed by atoms with Gasteiger partial charge in [-0.25, -0.2) is 0 Å². The van der Waals surface area contributed by atoms with E-state index in [1.54, 1.807) is 0 Å². The fourth-order valence-corrected chi connectivity index (χ4v) is 1.66. The van der Waals surface area contributed by atoms with Crippen molar-refractivity contribution in [1.82, 2.24) is 4.90 Å². The van der Waals surface area contributed by atoms with Gasteiger partial charge in [-0.2, -0.15) is 0 Å². The lowest BCUT2D eigenvalue weighted by atomic mass is 9.93. The Labute approximate surface area is 69.1 Å². The quantitative estimate of drug-likeness (QED) is 0.486. The average Bonchev–Trinajstić information content (AvgIpc) is 2.07. The minimum atomic E-state index is 0.878. The lowest BCUT2D eigenvalue weighted by molar-refractivity contribution is 0.261. The number of likely N-dealkylation sites (tertiary alicyclic amines) is 1. The summed E-state index contributed by atoms with van der Waals surface area (Å²) in [4.78, 5) is 2.08. The van der Waals surface area contributed by atoms with Gasteiger partial charge in [-0.05, 0) is 18.8 Å². The van der Waals surface area contributed by atoms with Gasteiger partial charge in [0.25, 0.3) is 0 Å². The van der Waals surface area contributed by atoms with Crippen LogP contribution in [0.4, 0.5) is 0 Å². The van der Waals surface area contributed by atoms with Crippen LogP contribution in [-0.4, -0.2) is 24.3 Å². The number of nitrogens with zero attached hydrogens (tertiary/aromatic N) is 1. The summed E-state index contributed by atoms with van der Waals surface area (Å²) in [6.07, 6.45) is 6.30. The molecule has 2 heteroatoms. The molecule has 0 atom stereocenters. The molecule has 63 valence electrons. The molecule has 1 aliphatic rings. The van der Waals surface area contributed by atoms with Crippen molar-refractivity contribution in [3.63, 3.8) is 0 Å². The second kappa shape index (κ2) is 4.37. The van der Waals surface area contributed by atoms with Gasteiger partial charge in [0.15, 0.2) is 0 Å². The third kappa shape index (κ3) is 2.52. The van der Waals surface area contributed by atoms with Gasteiger partial charge >= 0.3 is 0 Å². The van der Waals surface area contributed by atoms with Crippen LogP contribution in [0.2, 0.25) is 0 Å². The highest BCUT2D eigenvalue weighted by Gasteiger charge is 2.15. The molecule has 0 aromatic heterocycles. The van der Waals surface area contributed by atoms with E-state index < -0.39 is 0 Å². The van der Waals surface area contributed by atoms with Crippen LogP contribution in [0.3, 0.4) is 0 Å². The molecule has 0 aliphatic carbocycles. The van der Waals surface area contributed by atoms with Gasteiger partial charge in [0.05, 0.1) is 6.34 Å². The van der Waals surface area contributed by atoms with Crippen LogP contribution < -0.4 is 0 Å². The summed E-state index contributed by atoms with van der Waals surface area (Å²) < 4.78 is 0. The Morgan fingerprint density at radius 2 is 2.09 bits per heavy atom. The number of hydrogen-bond acceptors (Lipinski definition) is 1. The maximum atomic E-state index is 7.05. The highest BCUT2D eigenvalue weighted by molar-refractivity contribution is 5.50. The molecule has 0 spiro atoms. The number of nitrogens with one attached hydrogen (secondary N) is 1. The van der Waals surface area contributed by atoms with Gasteiger partial charge in [-0.1, -0.05) is 19.8 Å². The van der Waals surface area contributed by atoms with Crippen LogP contribution in [0.25, 0.3) is 0 Å². The Hall–Kier alpha value is -0.530. The lowest BCUT2D eigenvalue weighted by Crippen LogP contribution is -2.32. The standard InChI is InChI=1S/C9H17N2/c1-2-3-9-4-6-11(8-10)7-5-9/h8-10H,1-7H2. The largest absolute Gasteiger partial charge is 0.363 e. The van der Waals surface area contributed by atoms with Crippen LogP contribution in [0.5, 0.6) is 0 Å². The predicted molar refractivity (Wildman–Crippen MR) is 47.7 cm³/mol. The smallest absolute Gasteiger partial charge is 0.0817 e. The Morgan fingerprint density at radius 1 is 1.45 bits per heavy atom. The van der Waals surface area contributed by atoms with E-state index in [0.717, 1.165) is 25.4 Å². The summed E-state index contributed by atoms with van der Waals surface area (Å²) in [6.45, 7) is 6.02. The van der Waals surface area contributed by atoms with Crippen molar-refractivity contribution >= 4 is 6.34 Å². The van der Waals surface area contributed by atoms with E-state index >= 15 is 0 Å². The van der Waals surface area contributed by atoms with Crippen LogP contribution in [-0.2, 0) is 0 Å². The zero-order valence-corrected chi connectivity index (χ0v) is 7.05. The summed E-state index contributed by atoms with van der Waals surface area (Å²) in [6, 6.07) is 0. The fourth-order valence-electron chi connectivity index (χ4n) is 1.66. The molecule has 0 bridgehead atoms. The Balaban J connectivity index is 2.18. The molecule has 1 radical (unpaired) electrons. The molecule has 0 unspecified atom stereocenters. The summed E-state index contributed by atoms with van der Waals surface area (Å²) in [5.41, 5.74) is 0.